The first-order valence-electron chi connectivity index (χ1n) is 10.5. The van der Waals surface area contributed by atoms with E-state index in [1.165, 1.54) is 39.8 Å². The van der Waals surface area contributed by atoms with Gasteiger partial charge in [-0.3, -0.25) is 9.10 Å². The largest absolute Gasteiger partial charge is 0.449 e. The summed E-state index contributed by atoms with van der Waals surface area (Å²) in [5.41, 5.74) is 2.50. The molecular formula is C23H25N3O5S2. The molecule has 33 heavy (non-hydrogen) atoms. The minimum atomic E-state index is -3.41. The molecule has 1 aliphatic rings. The highest BCUT2D eigenvalue weighted by Gasteiger charge is 2.33. The molecule has 0 bridgehead atoms. The second kappa shape index (κ2) is 8.75. The Bertz CT molecular complexity index is 1300. The van der Waals surface area contributed by atoms with Crippen molar-refractivity contribution in [3.63, 3.8) is 0 Å². The maximum atomic E-state index is 12.8. The number of sulfonamides is 1. The van der Waals surface area contributed by atoms with Crippen LogP contribution in [0.4, 0.5) is 5.69 Å². The number of anilines is 1. The van der Waals surface area contributed by atoms with Gasteiger partial charge in [-0.1, -0.05) is 12.1 Å². The van der Waals surface area contributed by atoms with Crippen molar-refractivity contribution >= 4 is 49.1 Å². The third-order valence-electron chi connectivity index (χ3n) is 5.54. The van der Waals surface area contributed by atoms with Crippen molar-refractivity contribution in [2.45, 2.75) is 39.0 Å². The van der Waals surface area contributed by atoms with Crippen LogP contribution in [0.2, 0.25) is 0 Å². The number of amides is 1. The van der Waals surface area contributed by atoms with Gasteiger partial charge in [0.1, 0.15) is 5.01 Å². The number of esters is 1. The van der Waals surface area contributed by atoms with Crippen LogP contribution in [0.3, 0.4) is 0 Å². The molecule has 0 saturated carbocycles. The number of fused-ring (bicyclic) bond motifs is 2. The summed E-state index contributed by atoms with van der Waals surface area (Å²) in [6.07, 6.45) is 0.693. The predicted octanol–water partition coefficient (Wildman–Crippen LogP) is 3.21. The number of hydrogen-bond donors (Lipinski definition) is 0. The summed E-state index contributed by atoms with van der Waals surface area (Å²) in [6, 6.07) is 12.3. The molecule has 0 fully saturated rings. The summed E-state index contributed by atoms with van der Waals surface area (Å²) in [5, 5.41) is 0.800. The highest BCUT2D eigenvalue weighted by Crippen LogP contribution is 2.35. The molecule has 2 heterocycles. The van der Waals surface area contributed by atoms with Gasteiger partial charge in [0.2, 0.25) is 10.0 Å². The number of thiazole rings is 1. The van der Waals surface area contributed by atoms with Gasteiger partial charge in [-0.2, -0.15) is 0 Å². The number of hydrogen-bond acceptors (Lipinski definition) is 7. The summed E-state index contributed by atoms with van der Waals surface area (Å²) in [5.74, 6) is -0.960. The molecule has 1 aromatic heterocycles. The third-order valence-corrected chi connectivity index (χ3v) is 7.84. The number of nitrogens with zero attached hydrogens (tertiary/aromatic N) is 3. The maximum absolute atomic E-state index is 12.8. The van der Waals surface area contributed by atoms with Gasteiger partial charge in [-0.05, 0) is 56.2 Å². The van der Waals surface area contributed by atoms with Crippen LogP contribution in [0, 0.1) is 0 Å². The van der Waals surface area contributed by atoms with Crippen molar-refractivity contribution in [3.05, 3.63) is 58.6 Å². The van der Waals surface area contributed by atoms with Gasteiger partial charge in [-0.25, -0.2) is 18.2 Å². The zero-order valence-electron chi connectivity index (χ0n) is 18.8. The maximum Gasteiger partial charge on any atom is 0.338 e. The molecule has 0 radical (unpaired) electrons. The molecule has 2 aromatic carbocycles. The average Bonchev–Trinajstić information content (AvgIpc) is 3.30. The smallest absolute Gasteiger partial charge is 0.338 e. The second-order valence-electron chi connectivity index (χ2n) is 8.27. The Morgan fingerprint density at radius 3 is 2.70 bits per heavy atom. The van der Waals surface area contributed by atoms with E-state index in [1.54, 1.807) is 19.2 Å². The third kappa shape index (κ3) is 4.72. The predicted molar refractivity (Wildman–Crippen MR) is 128 cm³/mol. The zero-order valence-corrected chi connectivity index (χ0v) is 20.4. The molecule has 3 aromatic rings. The minimum Gasteiger partial charge on any atom is -0.449 e. The Morgan fingerprint density at radius 1 is 1.27 bits per heavy atom. The van der Waals surface area contributed by atoms with E-state index in [2.05, 4.69) is 4.98 Å². The first-order valence-corrected chi connectivity index (χ1v) is 13.1. The molecular weight excluding hydrogens is 462 g/mol. The quantitative estimate of drug-likeness (QED) is 0.496. The fourth-order valence-electron chi connectivity index (χ4n) is 4.09. The molecule has 1 aliphatic heterocycles. The van der Waals surface area contributed by atoms with E-state index in [1.807, 2.05) is 31.2 Å². The lowest BCUT2D eigenvalue weighted by Crippen LogP contribution is -2.37. The van der Waals surface area contributed by atoms with Crippen molar-refractivity contribution in [2.75, 3.05) is 17.6 Å². The normalized spacial score (nSPS) is 16.5. The number of aromatic nitrogens is 1. The topological polar surface area (TPSA) is 96.9 Å². The number of carbonyl (C=O) groups is 2. The van der Waals surface area contributed by atoms with Crippen LogP contribution in [-0.2, 0) is 32.5 Å². The lowest BCUT2D eigenvalue weighted by atomic mass is 10.1. The van der Waals surface area contributed by atoms with Gasteiger partial charge in [0.25, 0.3) is 5.91 Å². The molecule has 8 nitrogen and oxygen atoms in total. The van der Waals surface area contributed by atoms with Gasteiger partial charge >= 0.3 is 5.97 Å². The summed E-state index contributed by atoms with van der Waals surface area (Å²) in [6.45, 7) is 3.68. The van der Waals surface area contributed by atoms with E-state index in [4.69, 9.17) is 4.74 Å². The molecule has 2 atom stereocenters. The minimum absolute atomic E-state index is 0.224. The lowest BCUT2D eigenvalue weighted by Gasteiger charge is -2.22. The van der Waals surface area contributed by atoms with Crippen molar-refractivity contribution in [1.29, 1.82) is 0 Å². The molecule has 4 rings (SSSR count). The fourth-order valence-corrected chi connectivity index (χ4v) is 6.38. The molecule has 1 amide bonds. The van der Waals surface area contributed by atoms with E-state index in [0.717, 1.165) is 20.8 Å². The Balaban J connectivity index is 1.42. The molecule has 0 saturated heterocycles. The molecule has 0 aliphatic carbocycles. The van der Waals surface area contributed by atoms with E-state index >= 15 is 0 Å². The molecule has 10 heteroatoms. The number of carbonyl (C=O) groups excluding carboxylic acids is 2. The first kappa shape index (κ1) is 23.2. The van der Waals surface area contributed by atoms with Gasteiger partial charge in [0.15, 0.2) is 6.10 Å². The molecule has 174 valence electrons. The highest BCUT2D eigenvalue weighted by atomic mass is 32.2. The van der Waals surface area contributed by atoms with Crippen molar-refractivity contribution in [2.24, 2.45) is 0 Å². The number of likely N-dealkylation sites (N-methyl/N-ethyl adjacent to an activating group) is 1. The first-order chi connectivity index (χ1) is 15.5. The van der Waals surface area contributed by atoms with Crippen LogP contribution in [0.1, 0.15) is 34.8 Å². The standard InChI is InChI=1S/C23H25N3O5S2/c1-14-11-17-12-16(9-10-19(17)26(14)33(4,29)30)23(28)31-15(2)22(27)25(3)13-21-24-18-7-5-6-8-20(18)32-21/h5-10,12,14-15H,11,13H2,1-4H3. The van der Waals surface area contributed by atoms with Crippen molar-refractivity contribution in [3.8, 4) is 0 Å². The SMILES string of the molecule is CC(OC(=O)c1ccc2c(c1)CC(C)N2S(C)(=O)=O)C(=O)N(C)Cc1nc2ccccc2s1. The number of ether oxygens (including phenoxy) is 1. The average molecular weight is 488 g/mol. The Kier molecular flexibility index (Phi) is 6.15. The van der Waals surface area contributed by atoms with E-state index in [-0.39, 0.29) is 17.5 Å². The Hall–Kier alpha value is -2.98. The van der Waals surface area contributed by atoms with Gasteiger partial charge in [0.05, 0.1) is 34.3 Å². The summed E-state index contributed by atoms with van der Waals surface area (Å²) in [4.78, 5) is 31.5. The van der Waals surface area contributed by atoms with Crippen LogP contribution in [-0.4, -0.2) is 55.6 Å². The van der Waals surface area contributed by atoms with Crippen LogP contribution in [0.5, 0.6) is 0 Å². The van der Waals surface area contributed by atoms with Crippen molar-refractivity contribution < 1.29 is 22.7 Å². The Labute approximate surface area is 196 Å². The van der Waals surface area contributed by atoms with Gasteiger partial charge in [0, 0.05) is 13.1 Å². The number of rotatable bonds is 6. The van der Waals surface area contributed by atoms with Crippen LogP contribution in [0.15, 0.2) is 42.5 Å². The van der Waals surface area contributed by atoms with E-state index in [9.17, 15) is 18.0 Å². The van der Waals surface area contributed by atoms with Gasteiger partial charge in [-0.15, -0.1) is 11.3 Å². The fraction of sp³-hybridized carbons (Fsp3) is 0.348. The van der Waals surface area contributed by atoms with Crippen molar-refractivity contribution in [1.82, 2.24) is 9.88 Å². The molecule has 0 spiro atoms. The lowest BCUT2D eigenvalue weighted by molar-refractivity contribution is -0.139. The number of benzene rings is 2. The highest BCUT2D eigenvalue weighted by molar-refractivity contribution is 7.92. The van der Waals surface area contributed by atoms with Crippen LogP contribution < -0.4 is 4.31 Å². The number of para-hydroxylation sites is 1. The van der Waals surface area contributed by atoms with E-state index in [0.29, 0.717) is 18.7 Å². The summed E-state index contributed by atoms with van der Waals surface area (Å²) in [7, 11) is -1.76. The molecule has 0 N–H and O–H groups in total. The second-order valence-corrected chi connectivity index (χ2v) is 11.2. The molecule has 2 unspecified atom stereocenters. The zero-order chi connectivity index (χ0) is 23.9. The Morgan fingerprint density at radius 2 is 2.00 bits per heavy atom. The monoisotopic (exact) mass is 487 g/mol. The summed E-state index contributed by atoms with van der Waals surface area (Å²) >= 11 is 1.52. The van der Waals surface area contributed by atoms with Gasteiger partial charge < -0.3 is 9.64 Å². The van der Waals surface area contributed by atoms with E-state index < -0.39 is 22.1 Å². The summed E-state index contributed by atoms with van der Waals surface area (Å²) < 4.78 is 32.0. The van der Waals surface area contributed by atoms with Crippen LogP contribution >= 0.6 is 11.3 Å². The van der Waals surface area contributed by atoms with Crippen LogP contribution in [0.25, 0.3) is 10.2 Å².